The monoisotopic (exact) mass is 408 g/mol. The van der Waals surface area contributed by atoms with Crippen LogP contribution in [0.25, 0.3) is 0 Å². The Hall–Kier alpha value is -3.09. The summed E-state index contributed by atoms with van der Waals surface area (Å²) >= 11 is 0. The SMILES string of the molecule is CC1CCN(c2ccc(NC(=O)C3CCN(c4ccccc4[N+](=O)[O-])CC3)cc2)C1. The van der Waals surface area contributed by atoms with Crippen LogP contribution >= 0.6 is 0 Å². The first-order chi connectivity index (χ1) is 14.5. The molecule has 2 aliphatic heterocycles. The number of rotatable bonds is 5. The van der Waals surface area contributed by atoms with Crippen LogP contribution in [-0.4, -0.2) is 37.0 Å². The number of nitrogens with zero attached hydrogens (tertiary/aromatic N) is 3. The van der Waals surface area contributed by atoms with Gasteiger partial charge in [0.05, 0.1) is 4.92 Å². The largest absolute Gasteiger partial charge is 0.371 e. The molecule has 2 aliphatic rings. The van der Waals surface area contributed by atoms with Crippen molar-refractivity contribution in [3.05, 3.63) is 58.6 Å². The molecule has 2 aromatic rings. The summed E-state index contributed by atoms with van der Waals surface area (Å²) in [6, 6.07) is 14.9. The van der Waals surface area contributed by atoms with Gasteiger partial charge in [-0.1, -0.05) is 19.1 Å². The lowest BCUT2D eigenvalue weighted by atomic mass is 9.95. The average Bonchev–Trinajstić information content (AvgIpc) is 3.20. The minimum Gasteiger partial charge on any atom is -0.371 e. The van der Waals surface area contributed by atoms with Crippen molar-refractivity contribution >= 4 is 28.7 Å². The van der Waals surface area contributed by atoms with E-state index in [1.54, 1.807) is 12.1 Å². The van der Waals surface area contributed by atoms with Crippen LogP contribution in [0.1, 0.15) is 26.2 Å². The van der Waals surface area contributed by atoms with E-state index in [4.69, 9.17) is 0 Å². The zero-order valence-electron chi connectivity index (χ0n) is 17.3. The first kappa shape index (κ1) is 20.2. The first-order valence-corrected chi connectivity index (χ1v) is 10.7. The minimum atomic E-state index is -0.347. The molecule has 1 amide bonds. The Balaban J connectivity index is 1.32. The molecule has 158 valence electrons. The van der Waals surface area contributed by atoms with Crippen molar-refractivity contribution in [2.75, 3.05) is 41.3 Å². The number of hydrogen-bond acceptors (Lipinski definition) is 5. The highest BCUT2D eigenvalue weighted by Crippen LogP contribution is 2.31. The van der Waals surface area contributed by atoms with Crippen molar-refractivity contribution in [1.82, 2.24) is 0 Å². The Labute approximate surface area is 176 Å². The Kier molecular flexibility index (Phi) is 5.88. The molecule has 2 saturated heterocycles. The van der Waals surface area contributed by atoms with Gasteiger partial charge < -0.3 is 15.1 Å². The van der Waals surface area contributed by atoms with Crippen LogP contribution in [-0.2, 0) is 4.79 Å². The number of nitro benzene ring substituents is 1. The highest BCUT2D eigenvalue weighted by Gasteiger charge is 2.28. The molecule has 7 nitrogen and oxygen atoms in total. The van der Waals surface area contributed by atoms with Gasteiger partial charge in [0, 0.05) is 49.5 Å². The number of carbonyl (C=O) groups excluding carboxylic acids is 1. The van der Waals surface area contributed by atoms with E-state index in [-0.39, 0.29) is 22.4 Å². The topological polar surface area (TPSA) is 78.7 Å². The Morgan fingerprint density at radius 1 is 1.00 bits per heavy atom. The molecule has 2 fully saturated rings. The maximum absolute atomic E-state index is 12.7. The molecule has 4 rings (SSSR count). The smallest absolute Gasteiger partial charge is 0.292 e. The fourth-order valence-corrected chi connectivity index (χ4v) is 4.44. The zero-order chi connectivity index (χ0) is 21.1. The minimum absolute atomic E-state index is 0.0276. The van der Waals surface area contributed by atoms with Gasteiger partial charge >= 0.3 is 0 Å². The third-order valence-corrected chi connectivity index (χ3v) is 6.21. The van der Waals surface area contributed by atoms with Gasteiger partial charge in [0.15, 0.2) is 0 Å². The van der Waals surface area contributed by atoms with Crippen molar-refractivity contribution < 1.29 is 9.72 Å². The summed E-state index contributed by atoms with van der Waals surface area (Å²) in [5.74, 6) is 0.676. The second-order valence-corrected chi connectivity index (χ2v) is 8.38. The molecule has 0 aromatic heterocycles. The summed E-state index contributed by atoms with van der Waals surface area (Å²) in [7, 11) is 0. The van der Waals surface area contributed by atoms with Crippen LogP contribution in [0.15, 0.2) is 48.5 Å². The molecule has 30 heavy (non-hydrogen) atoms. The molecule has 0 aliphatic carbocycles. The predicted molar refractivity (Wildman–Crippen MR) is 119 cm³/mol. The number of hydrogen-bond donors (Lipinski definition) is 1. The number of carbonyl (C=O) groups is 1. The molecular formula is C23H28N4O3. The molecule has 0 saturated carbocycles. The summed E-state index contributed by atoms with van der Waals surface area (Å²) in [5, 5.41) is 14.3. The number of piperidine rings is 1. The molecule has 2 heterocycles. The van der Waals surface area contributed by atoms with E-state index in [9.17, 15) is 14.9 Å². The van der Waals surface area contributed by atoms with Crippen molar-refractivity contribution in [2.24, 2.45) is 11.8 Å². The van der Waals surface area contributed by atoms with Crippen LogP contribution in [0.3, 0.4) is 0 Å². The van der Waals surface area contributed by atoms with Gasteiger partial charge in [0.1, 0.15) is 5.69 Å². The summed E-state index contributed by atoms with van der Waals surface area (Å²) in [6.45, 7) is 5.72. The molecular weight excluding hydrogens is 380 g/mol. The Morgan fingerprint density at radius 3 is 2.30 bits per heavy atom. The fourth-order valence-electron chi connectivity index (χ4n) is 4.44. The molecule has 1 unspecified atom stereocenters. The van der Waals surface area contributed by atoms with Crippen LogP contribution in [0.4, 0.5) is 22.7 Å². The standard InChI is InChI=1S/C23H28N4O3/c1-17-10-13-26(16-17)20-8-6-19(7-9-20)24-23(28)18-11-14-25(15-12-18)21-4-2-3-5-22(21)27(29)30/h2-9,17-18H,10-16H2,1H3,(H,24,28). The van der Waals surface area contributed by atoms with Crippen molar-refractivity contribution in [2.45, 2.75) is 26.2 Å². The van der Waals surface area contributed by atoms with E-state index in [1.807, 2.05) is 23.1 Å². The van der Waals surface area contributed by atoms with E-state index in [0.29, 0.717) is 31.6 Å². The van der Waals surface area contributed by atoms with Crippen molar-refractivity contribution in [1.29, 1.82) is 0 Å². The van der Waals surface area contributed by atoms with E-state index >= 15 is 0 Å². The van der Waals surface area contributed by atoms with Crippen molar-refractivity contribution in [3.8, 4) is 0 Å². The van der Waals surface area contributed by atoms with Gasteiger partial charge in [-0.25, -0.2) is 0 Å². The summed E-state index contributed by atoms with van der Waals surface area (Å²) < 4.78 is 0. The summed E-state index contributed by atoms with van der Waals surface area (Å²) in [5.41, 5.74) is 2.77. The highest BCUT2D eigenvalue weighted by molar-refractivity contribution is 5.93. The number of nitro groups is 1. The average molecular weight is 409 g/mol. The molecule has 1 atom stereocenters. The zero-order valence-corrected chi connectivity index (χ0v) is 17.3. The summed E-state index contributed by atoms with van der Waals surface area (Å²) in [4.78, 5) is 28.0. The Morgan fingerprint density at radius 2 is 1.67 bits per heavy atom. The van der Waals surface area contributed by atoms with Crippen LogP contribution in [0.2, 0.25) is 0 Å². The predicted octanol–water partition coefficient (Wildman–Crippen LogP) is 4.30. The van der Waals surface area contributed by atoms with Crippen LogP contribution in [0, 0.1) is 22.0 Å². The quantitative estimate of drug-likeness (QED) is 0.590. The second-order valence-electron chi connectivity index (χ2n) is 8.38. The molecule has 1 N–H and O–H groups in total. The van der Waals surface area contributed by atoms with E-state index < -0.39 is 0 Å². The maximum Gasteiger partial charge on any atom is 0.292 e. The van der Waals surface area contributed by atoms with Gasteiger partial charge in [-0.05, 0) is 55.5 Å². The number of benzene rings is 2. The van der Waals surface area contributed by atoms with Gasteiger partial charge in [-0.15, -0.1) is 0 Å². The molecule has 0 radical (unpaired) electrons. The first-order valence-electron chi connectivity index (χ1n) is 10.7. The normalized spacial score (nSPS) is 19.7. The van der Waals surface area contributed by atoms with Gasteiger partial charge in [-0.2, -0.15) is 0 Å². The number of amides is 1. The third-order valence-electron chi connectivity index (χ3n) is 6.21. The second kappa shape index (κ2) is 8.73. The maximum atomic E-state index is 12.7. The lowest BCUT2D eigenvalue weighted by Gasteiger charge is -2.32. The van der Waals surface area contributed by atoms with Gasteiger partial charge in [0.25, 0.3) is 5.69 Å². The molecule has 7 heteroatoms. The van der Waals surface area contributed by atoms with Crippen LogP contribution < -0.4 is 15.1 Å². The molecule has 0 spiro atoms. The van der Waals surface area contributed by atoms with E-state index in [0.717, 1.165) is 24.7 Å². The number of para-hydroxylation sites is 2. The lowest BCUT2D eigenvalue weighted by molar-refractivity contribution is -0.384. The Bertz CT molecular complexity index is 907. The molecule has 2 aromatic carbocycles. The summed E-state index contributed by atoms with van der Waals surface area (Å²) in [6.07, 6.45) is 2.59. The van der Waals surface area contributed by atoms with Crippen molar-refractivity contribution in [3.63, 3.8) is 0 Å². The molecule has 0 bridgehead atoms. The van der Waals surface area contributed by atoms with Crippen LogP contribution in [0.5, 0.6) is 0 Å². The van der Waals surface area contributed by atoms with Gasteiger partial charge in [-0.3, -0.25) is 14.9 Å². The van der Waals surface area contributed by atoms with E-state index in [1.165, 1.54) is 18.2 Å². The number of nitrogens with one attached hydrogen (secondary N) is 1. The highest BCUT2D eigenvalue weighted by atomic mass is 16.6. The third kappa shape index (κ3) is 4.40. The lowest BCUT2D eigenvalue weighted by Crippen LogP contribution is -2.38. The fraction of sp³-hybridized carbons (Fsp3) is 0.435. The van der Waals surface area contributed by atoms with Gasteiger partial charge in [0.2, 0.25) is 5.91 Å². The number of anilines is 3. The van der Waals surface area contributed by atoms with E-state index in [2.05, 4.69) is 29.3 Å².